The van der Waals surface area contributed by atoms with E-state index in [0.29, 0.717) is 19.3 Å². The summed E-state index contributed by atoms with van der Waals surface area (Å²) in [5, 5.41) is 26.6. The van der Waals surface area contributed by atoms with Gasteiger partial charge >= 0.3 is 35.9 Å². The fourth-order valence-corrected chi connectivity index (χ4v) is 2.05. The summed E-state index contributed by atoms with van der Waals surface area (Å²) in [4.78, 5) is 44.5. The van der Waals surface area contributed by atoms with Gasteiger partial charge in [0.1, 0.15) is 0 Å². The predicted octanol–water partition coefficient (Wildman–Crippen LogP) is 2.27. The van der Waals surface area contributed by atoms with Gasteiger partial charge in [-0.25, -0.2) is 14.4 Å². The zero-order valence-electron chi connectivity index (χ0n) is 18.6. The Morgan fingerprint density at radius 1 is 0.606 bits per heavy atom. The van der Waals surface area contributed by atoms with Crippen LogP contribution in [-0.4, -0.2) is 68.0 Å². The molecule has 1 rings (SSSR count). The molecule has 0 aliphatic carbocycles. The Balaban J connectivity index is 2.81. The highest BCUT2D eigenvalue weighted by Crippen LogP contribution is 2.16. The molecular weight excluding hydrogens is 438 g/mol. The van der Waals surface area contributed by atoms with Gasteiger partial charge in [0.15, 0.2) is 0 Å². The third kappa shape index (κ3) is 11.3. The predicted molar refractivity (Wildman–Crippen MR) is 114 cm³/mol. The number of ether oxygens (including phenoxy) is 3. The summed E-state index contributed by atoms with van der Waals surface area (Å²) in [6, 6.07) is -0.317. The van der Waals surface area contributed by atoms with E-state index in [1.165, 1.54) is 39.0 Å². The number of carboxylic acids is 3. The van der Waals surface area contributed by atoms with E-state index >= 15 is 0 Å². The van der Waals surface area contributed by atoms with Crippen molar-refractivity contribution in [2.24, 2.45) is 0 Å². The molecule has 0 fully saturated rings. The molecule has 0 atom stereocenters. The van der Waals surface area contributed by atoms with E-state index in [0.717, 1.165) is 0 Å². The van der Waals surface area contributed by atoms with Crippen molar-refractivity contribution in [2.75, 3.05) is 19.8 Å². The molecule has 1 heterocycles. The minimum atomic E-state index is -1.03. The Bertz CT molecular complexity index is 808. The Hall–Kier alpha value is -3.96. The average molecular weight is 465 g/mol. The van der Waals surface area contributed by atoms with Gasteiger partial charge in [-0.1, -0.05) is 18.2 Å². The third-order valence-corrected chi connectivity index (χ3v) is 3.98. The highest BCUT2D eigenvalue weighted by atomic mass is 16.5. The molecule has 0 bridgehead atoms. The molecule has 0 amide bonds. The van der Waals surface area contributed by atoms with Crippen LogP contribution in [-0.2, 0) is 14.4 Å². The fourth-order valence-electron chi connectivity index (χ4n) is 2.05. The molecule has 0 aliphatic heterocycles. The first-order valence-electron chi connectivity index (χ1n) is 9.94. The van der Waals surface area contributed by atoms with Crippen LogP contribution in [0.5, 0.6) is 18.0 Å². The van der Waals surface area contributed by atoms with E-state index in [1.807, 2.05) is 0 Å². The van der Waals surface area contributed by atoms with Gasteiger partial charge in [0.05, 0.1) is 19.8 Å². The van der Waals surface area contributed by atoms with Crippen LogP contribution < -0.4 is 14.2 Å². The normalized spacial score (nSPS) is 12.3. The van der Waals surface area contributed by atoms with E-state index in [9.17, 15) is 14.4 Å². The third-order valence-electron chi connectivity index (χ3n) is 3.98. The average Bonchev–Trinajstić information content (AvgIpc) is 2.76. The summed E-state index contributed by atoms with van der Waals surface area (Å²) in [6.07, 6.45) is 5.38. The summed E-state index contributed by atoms with van der Waals surface area (Å²) in [5.74, 6) is -3.08. The summed E-state index contributed by atoms with van der Waals surface area (Å²) in [6.45, 7) is 4.66. The summed E-state index contributed by atoms with van der Waals surface area (Å²) < 4.78 is 16.3. The first-order valence-corrected chi connectivity index (χ1v) is 9.94. The number of rotatable bonds is 15. The second kappa shape index (κ2) is 14.2. The topological polar surface area (TPSA) is 178 Å². The Kier molecular flexibility index (Phi) is 11.6. The smallest absolute Gasteiger partial charge is 0.330 e. The molecule has 180 valence electrons. The van der Waals surface area contributed by atoms with Gasteiger partial charge in [-0.15, -0.1) is 15.0 Å². The van der Waals surface area contributed by atoms with Gasteiger partial charge in [0.2, 0.25) is 0 Å². The number of aliphatic carboxylic acids is 3. The van der Waals surface area contributed by atoms with E-state index in [1.54, 1.807) is 0 Å². The van der Waals surface area contributed by atoms with Crippen molar-refractivity contribution in [3.63, 3.8) is 0 Å². The zero-order valence-corrected chi connectivity index (χ0v) is 18.6. The number of carbonyl (C=O) groups is 3. The first-order chi connectivity index (χ1) is 15.6. The maximum Gasteiger partial charge on any atom is 0.330 e. The monoisotopic (exact) mass is 465 g/mol. The molecule has 0 saturated carbocycles. The maximum atomic E-state index is 10.8. The van der Waals surface area contributed by atoms with Crippen LogP contribution in [0.3, 0.4) is 0 Å². The van der Waals surface area contributed by atoms with Gasteiger partial charge in [-0.2, -0.15) is 0 Å². The lowest BCUT2D eigenvalue weighted by Gasteiger charge is -2.09. The van der Waals surface area contributed by atoms with Gasteiger partial charge in [-0.05, 0) is 20.8 Å². The van der Waals surface area contributed by atoms with E-state index in [2.05, 4.69) is 15.0 Å². The highest BCUT2D eigenvalue weighted by Gasteiger charge is 2.11. The molecule has 1 aromatic heterocycles. The van der Waals surface area contributed by atoms with Crippen LogP contribution >= 0.6 is 0 Å². The first kappa shape index (κ1) is 27.1. The molecule has 33 heavy (non-hydrogen) atoms. The Labute approximate surface area is 190 Å². The van der Waals surface area contributed by atoms with Crippen molar-refractivity contribution in [3.8, 4) is 18.0 Å². The molecule has 0 saturated heterocycles. The number of hydrogen-bond donors (Lipinski definition) is 3. The van der Waals surface area contributed by atoms with Crippen LogP contribution in [0.25, 0.3) is 0 Å². The quantitative estimate of drug-likeness (QED) is 0.254. The van der Waals surface area contributed by atoms with Crippen LogP contribution in [0, 0.1) is 0 Å². The number of carboxylic acid groups (broad SMARTS) is 3. The van der Waals surface area contributed by atoms with Crippen LogP contribution in [0.4, 0.5) is 0 Å². The van der Waals surface area contributed by atoms with Crippen molar-refractivity contribution >= 4 is 17.9 Å². The molecular formula is C21H27N3O9. The number of hydrogen-bond acceptors (Lipinski definition) is 9. The number of aromatic nitrogens is 3. The van der Waals surface area contributed by atoms with E-state index < -0.39 is 17.9 Å². The highest BCUT2D eigenvalue weighted by molar-refractivity contribution is 5.86. The largest absolute Gasteiger partial charge is 0.478 e. The van der Waals surface area contributed by atoms with Crippen molar-refractivity contribution < 1.29 is 43.9 Å². The lowest BCUT2D eigenvalue weighted by Crippen LogP contribution is -2.09. The standard InChI is InChI=1S/C21H27N3O9/c1-13(16(25)26)7-4-10-31-19-22-20(32-11-5-8-14(2)17(27)28)24-21(23-19)33-12-6-9-15(3)18(29)30/h7-9H,4-6,10-12H2,1-3H3,(H,25,26)(H,27,28)(H,29,30)/b13-7+,14-8+,15-9+. The van der Waals surface area contributed by atoms with Crippen molar-refractivity contribution in [1.29, 1.82) is 0 Å². The second-order valence-electron chi connectivity index (χ2n) is 6.67. The van der Waals surface area contributed by atoms with Crippen LogP contribution in [0.15, 0.2) is 34.9 Å². The molecule has 0 aliphatic rings. The minimum absolute atomic E-state index is 0.0919. The van der Waals surface area contributed by atoms with Crippen molar-refractivity contribution in [3.05, 3.63) is 34.9 Å². The lowest BCUT2D eigenvalue weighted by atomic mass is 10.2. The Morgan fingerprint density at radius 3 is 1.06 bits per heavy atom. The van der Waals surface area contributed by atoms with Gasteiger partial charge in [0.25, 0.3) is 0 Å². The molecule has 1 aromatic rings. The maximum absolute atomic E-state index is 10.8. The molecule has 12 nitrogen and oxygen atoms in total. The molecule has 3 N–H and O–H groups in total. The SMILES string of the molecule is C/C(=C\CCOc1nc(OCC/C=C(\C)C(=O)O)nc(OCC/C=C(\C)C(=O)O)n1)C(=O)O. The minimum Gasteiger partial charge on any atom is -0.478 e. The van der Waals surface area contributed by atoms with Crippen LogP contribution in [0.1, 0.15) is 40.0 Å². The lowest BCUT2D eigenvalue weighted by molar-refractivity contribution is -0.133. The van der Waals surface area contributed by atoms with E-state index in [4.69, 9.17) is 29.5 Å². The fraction of sp³-hybridized carbons (Fsp3) is 0.429. The van der Waals surface area contributed by atoms with Gasteiger partial charge in [-0.3, -0.25) is 0 Å². The second-order valence-corrected chi connectivity index (χ2v) is 6.67. The molecule has 0 aromatic carbocycles. The molecule has 12 heteroatoms. The van der Waals surface area contributed by atoms with Gasteiger partial charge in [0, 0.05) is 36.0 Å². The van der Waals surface area contributed by atoms with Crippen LogP contribution in [0.2, 0.25) is 0 Å². The van der Waals surface area contributed by atoms with Crippen molar-refractivity contribution in [2.45, 2.75) is 40.0 Å². The molecule has 0 radical (unpaired) electrons. The Morgan fingerprint density at radius 2 is 0.848 bits per heavy atom. The summed E-state index contributed by atoms with van der Waals surface area (Å²) in [7, 11) is 0. The van der Waals surface area contributed by atoms with Crippen molar-refractivity contribution in [1.82, 2.24) is 15.0 Å². The summed E-state index contributed by atoms with van der Waals surface area (Å²) >= 11 is 0. The molecule has 0 unspecified atom stereocenters. The number of nitrogens with zero attached hydrogens (tertiary/aromatic N) is 3. The molecule has 0 spiro atoms. The zero-order chi connectivity index (χ0) is 24.8. The summed E-state index contributed by atoms with van der Waals surface area (Å²) in [5.41, 5.74) is 0.533. The van der Waals surface area contributed by atoms with Gasteiger partial charge < -0.3 is 29.5 Å². The van der Waals surface area contributed by atoms with E-state index in [-0.39, 0.29) is 54.6 Å².